The van der Waals surface area contributed by atoms with E-state index in [1.165, 1.54) is 24.3 Å². The van der Waals surface area contributed by atoms with Gasteiger partial charge in [-0.25, -0.2) is 0 Å². The Morgan fingerprint density at radius 1 is 1.40 bits per heavy atom. The zero-order valence-electron chi connectivity index (χ0n) is 13.6. The van der Waals surface area contributed by atoms with Crippen LogP contribution >= 0.6 is 33.2 Å². The second-order valence-electron chi connectivity index (χ2n) is 5.59. The number of benzene rings is 1. The summed E-state index contributed by atoms with van der Waals surface area (Å²) in [5, 5.41) is 12.4. The highest BCUT2D eigenvalue weighted by atomic mass is 35.5. The van der Waals surface area contributed by atoms with Gasteiger partial charge in [-0.3, -0.25) is 9.59 Å². The highest BCUT2D eigenvalue weighted by molar-refractivity contribution is 8.77. The molecule has 0 unspecified atom stereocenters. The number of hydrogen-bond donors (Lipinski definition) is 1. The molecule has 0 radical (unpaired) electrons. The molecule has 0 aromatic heterocycles. The Bertz CT molecular complexity index is 658. The zero-order chi connectivity index (χ0) is 18.1. The lowest BCUT2D eigenvalue weighted by atomic mass is 10.1. The molecule has 1 aliphatic heterocycles. The molecule has 5 nitrogen and oxygen atoms in total. The molecule has 8 heteroatoms. The molecule has 1 N–H and O–H groups in total. The van der Waals surface area contributed by atoms with Gasteiger partial charge in [0.25, 0.3) is 5.91 Å². The monoisotopic (exact) mass is 398 g/mol. The number of esters is 1. The number of ether oxygens (including phenoxy) is 1. The van der Waals surface area contributed by atoms with Crippen molar-refractivity contribution in [1.29, 1.82) is 5.26 Å². The van der Waals surface area contributed by atoms with Crippen LogP contribution in [0, 0.1) is 11.3 Å². The van der Waals surface area contributed by atoms with E-state index in [-0.39, 0.29) is 17.6 Å². The number of nitriles is 1. The van der Waals surface area contributed by atoms with Crippen LogP contribution in [0.1, 0.15) is 37.7 Å². The van der Waals surface area contributed by atoms with Crippen molar-refractivity contribution in [3.8, 4) is 6.07 Å². The van der Waals surface area contributed by atoms with E-state index in [1.807, 2.05) is 27.7 Å². The normalized spacial score (nSPS) is 16.2. The first-order valence-electron chi connectivity index (χ1n) is 8.02. The molecular formula is C17H19ClN2O3S2. The predicted molar refractivity (Wildman–Crippen MR) is 103 cm³/mol. The highest BCUT2D eigenvalue weighted by Gasteiger charge is 2.16. The Labute approximate surface area is 160 Å². The number of nitrogens with one attached hydrogen (secondary N) is 1. The lowest BCUT2D eigenvalue weighted by Gasteiger charge is -2.08. The van der Waals surface area contributed by atoms with Crippen LogP contribution in [0.4, 0.5) is 5.69 Å². The first-order chi connectivity index (χ1) is 12.1. The molecule has 1 aromatic carbocycles. The molecular weight excluding hydrogens is 380 g/mol. The number of halogens is 1. The number of hydrogen-bond acceptors (Lipinski definition) is 6. The third-order valence-corrected chi connectivity index (χ3v) is 6.94. The van der Waals surface area contributed by atoms with Crippen LogP contribution in [0.15, 0.2) is 18.2 Å². The molecule has 25 heavy (non-hydrogen) atoms. The van der Waals surface area contributed by atoms with Gasteiger partial charge in [0.1, 0.15) is 6.07 Å². The summed E-state index contributed by atoms with van der Waals surface area (Å²) in [5.41, 5.74) is 0.790. The Hall–Kier alpha value is -1.36. The van der Waals surface area contributed by atoms with E-state index in [9.17, 15) is 9.59 Å². The fourth-order valence-electron chi connectivity index (χ4n) is 2.30. The van der Waals surface area contributed by atoms with E-state index < -0.39 is 5.91 Å². The van der Waals surface area contributed by atoms with Gasteiger partial charge in [-0.1, -0.05) is 39.6 Å². The Balaban J connectivity index is 1.61. The van der Waals surface area contributed by atoms with Crippen molar-refractivity contribution in [2.75, 3.05) is 17.7 Å². The topological polar surface area (TPSA) is 79.2 Å². The number of rotatable bonds is 8. The molecule has 1 heterocycles. The van der Waals surface area contributed by atoms with Crippen molar-refractivity contribution < 1.29 is 14.3 Å². The van der Waals surface area contributed by atoms with E-state index in [0.717, 1.165) is 19.3 Å². The smallest absolute Gasteiger partial charge is 0.306 e. The van der Waals surface area contributed by atoms with E-state index in [1.54, 1.807) is 6.07 Å². The second kappa shape index (κ2) is 10.6. The van der Waals surface area contributed by atoms with Gasteiger partial charge in [0.05, 0.1) is 10.6 Å². The maximum Gasteiger partial charge on any atom is 0.306 e. The molecule has 0 spiro atoms. The average Bonchev–Trinajstić information content (AvgIpc) is 3.10. The van der Waals surface area contributed by atoms with Gasteiger partial charge in [0.15, 0.2) is 6.61 Å². The maximum absolute atomic E-state index is 11.8. The van der Waals surface area contributed by atoms with E-state index in [4.69, 9.17) is 21.6 Å². The summed E-state index contributed by atoms with van der Waals surface area (Å²) in [4.78, 5) is 23.5. The Morgan fingerprint density at radius 2 is 2.24 bits per heavy atom. The number of nitrogens with zero attached hydrogens (tertiary/aromatic N) is 1. The van der Waals surface area contributed by atoms with Crippen LogP contribution in [0.2, 0.25) is 5.02 Å². The average molecular weight is 399 g/mol. The van der Waals surface area contributed by atoms with Gasteiger partial charge < -0.3 is 10.1 Å². The zero-order valence-corrected chi connectivity index (χ0v) is 16.0. The molecule has 1 aliphatic rings. The molecule has 0 aliphatic carbocycles. The number of carbonyl (C=O) groups is 2. The molecule has 1 saturated heterocycles. The van der Waals surface area contributed by atoms with E-state index in [0.29, 0.717) is 22.9 Å². The van der Waals surface area contributed by atoms with Crippen molar-refractivity contribution in [2.45, 2.75) is 37.4 Å². The lowest BCUT2D eigenvalue weighted by molar-refractivity contribution is -0.147. The van der Waals surface area contributed by atoms with Crippen molar-refractivity contribution in [1.82, 2.24) is 0 Å². The summed E-state index contributed by atoms with van der Waals surface area (Å²) in [7, 11) is 3.86. The molecule has 1 aromatic rings. The number of amides is 1. The summed E-state index contributed by atoms with van der Waals surface area (Å²) >= 11 is 5.90. The molecule has 1 atom stereocenters. The molecule has 134 valence electrons. The van der Waals surface area contributed by atoms with Gasteiger partial charge in [-0.05, 0) is 37.5 Å². The van der Waals surface area contributed by atoms with Gasteiger partial charge in [-0.2, -0.15) is 5.26 Å². The van der Waals surface area contributed by atoms with Crippen LogP contribution in [0.5, 0.6) is 0 Å². The summed E-state index contributed by atoms with van der Waals surface area (Å²) in [5.74, 6) is 0.423. The van der Waals surface area contributed by atoms with Gasteiger partial charge >= 0.3 is 5.97 Å². The predicted octanol–water partition coefficient (Wildman–Crippen LogP) is 4.41. The minimum Gasteiger partial charge on any atom is -0.456 e. The number of unbranched alkanes of at least 4 members (excludes halogenated alkanes) is 1. The Kier molecular flexibility index (Phi) is 8.45. The number of anilines is 1. The quantitative estimate of drug-likeness (QED) is 0.397. The van der Waals surface area contributed by atoms with Crippen LogP contribution in [-0.4, -0.2) is 29.5 Å². The fraction of sp³-hybridized carbons (Fsp3) is 0.471. The molecule has 2 rings (SSSR count). The second-order valence-corrected chi connectivity index (χ2v) is 8.78. The molecule has 0 bridgehead atoms. The third-order valence-electron chi connectivity index (χ3n) is 3.62. The highest BCUT2D eigenvalue weighted by Crippen LogP contribution is 2.39. The van der Waals surface area contributed by atoms with Crippen molar-refractivity contribution in [3.63, 3.8) is 0 Å². The van der Waals surface area contributed by atoms with Gasteiger partial charge in [0, 0.05) is 23.1 Å². The minimum absolute atomic E-state index is 0.260. The first-order valence-corrected chi connectivity index (χ1v) is 10.8. The SMILES string of the molecule is N#Cc1ccc(NC(=O)COC(=O)CCCC[C@H]2CCSS2)cc1Cl. The van der Waals surface area contributed by atoms with E-state index >= 15 is 0 Å². The summed E-state index contributed by atoms with van der Waals surface area (Å²) < 4.78 is 4.98. The molecule has 1 amide bonds. The van der Waals surface area contributed by atoms with Crippen molar-refractivity contribution in [3.05, 3.63) is 28.8 Å². The van der Waals surface area contributed by atoms with Crippen molar-refractivity contribution >= 4 is 50.8 Å². The van der Waals surface area contributed by atoms with Crippen LogP contribution in [0.25, 0.3) is 0 Å². The fourth-order valence-corrected chi connectivity index (χ4v) is 5.56. The van der Waals surface area contributed by atoms with Gasteiger partial charge in [0.2, 0.25) is 0 Å². The maximum atomic E-state index is 11.8. The summed E-state index contributed by atoms with van der Waals surface area (Å²) in [6, 6.07) is 6.52. The number of carbonyl (C=O) groups excluding carboxylic acids is 2. The lowest BCUT2D eigenvalue weighted by Crippen LogP contribution is -2.20. The van der Waals surface area contributed by atoms with Crippen LogP contribution in [-0.2, 0) is 14.3 Å². The molecule has 0 saturated carbocycles. The largest absolute Gasteiger partial charge is 0.456 e. The van der Waals surface area contributed by atoms with Crippen LogP contribution < -0.4 is 5.32 Å². The summed E-state index contributed by atoms with van der Waals surface area (Å²) in [6.07, 6.45) is 4.50. The standard InChI is InChI=1S/C17H19ClN2O3S2/c18-15-9-13(6-5-12(15)10-19)20-16(21)11-23-17(22)4-2-1-3-14-7-8-24-25-14/h5-6,9,14H,1-4,7-8,11H2,(H,20,21)/t14-/m0/s1. The minimum atomic E-state index is -0.437. The van der Waals surface area contributed by atoms with Crippen LogP contribution in [0.3, 0.4) is 0 Å². The molecule has 1 fully saturated rings. The Morgan fingerprint density at radius 3 is 2.92 bits per heavy atom. The first kappa shape index (κ1) is 20.0. The summed E-state index contributed by atoms with van der Waals surface area (Å²) in [6.45, 7) is -0.328. The van der Waals surface area contributed by atoms with E-state index in [2.05, 4.69) is 5.32 Å². The van der Waals surface area contributed by atoms with Crippen molar-refractivity contribution in [2.24, 2.45) is 0 Å². The third kappa shape index (κ3) is 7.18. The van der Waals surface area contributed by atoms with Gasteiger partial charge in [-0.15, -0.1) is 0 Å².